The Labute approximate surface area is 105 Å². The van der Waals surface area contributed by atoms with Crippen molar-refractivity contribution in [3.63, 3.8) is 0 Å². The maximum Gasteiger partial charge on any atom is 0.243 e. The molecule has 0 saturated heterocycles. The summed E-state index contributed by atoms with van der Waals surface area (Å²) >= 11 is 2.11. The third-order valence-electron chi connectivity index (χ3n) is 2.14. The summed E-state index contributed by atoms with van der Waals surface area (Å²) in [7, 11) is 0. The molecule has 0 radical (unpaired) electrons. The van der Waals surface area contributed by atoms with Crippen LogP contribution in [0.2, 0.25) is 0 Å². The van der Waals surface area contributed by atoms with Gasteiger partial charge >= 0.3 is 0 Å². The first-order valence-corrected chi connectivity index (χ1v) is 5.57. The number of hydrogen-bond acceptors (Lipinski definition) is 4. The van der Waals surface area contributed by atoms with Crippen LogP contribution >= 0.6 is 22.6 Å². The first-order valence-electron chi connectivity index (χ1n) is 4.50. The van der Waals surface area contributed by atoms with Gasteiger partial charge in [0.05, 0.1) is 4.92 Å². The van der Waals surface area contributed by atoms with E-state index in [9.17, 15) is 10.1 Å². The van der Waals surface area contributed by atoms with Crippen LogP contribution in [0.1, 0.15) is 12.5 Å². The first kappa shape index (κ1) is 11.2. The number of fused-ring (bicyclic) bond motifs is 1. The summed E-state index contributed by atoms with van der Waals surface area (Å²) in [6.07, 6.45) is 1.52. The van der Waals surface area contributed by atoms with Crippen LogP contribution in [0.15, 0.2) is 17.8 Å². The van der Waals surface area contributed by atoms with Gasteiger partial charge in [0.25, 0.3) is 0 Å². The number of allylic oxidation sites excluding steroid dienone is 1. The number of halogens is 1. The molecule has 0 amide bonds. The van der Waals surface area contributed by atoms with Crippen molar-refractivity contribution in [2.75, 3.05) is 6.79 Å². The predicted molar refractivity (Wildman–Crippen MR) is 65.9 cm³/mol. The van der Waals surface area contributed by atoms with Crippen LogP contribution in [-0.2, 0) is 0 Å². The minimum absolute atomic E-state index is 0.0942. The Morgan fingerprint density at radius 1 is 1.50 bits per heavy atom. The molecule has 1 aromatic rings. The number of benzene rings is 1. The van der Waals surface area contributed by atoms with Crippen molar-refractivity contribution in [3.05, 3.63) is 37.1 Å². The molecular weight excluding hydrogens is 325 g/mol. The van der Waals surface area contributed by atoms with Gasteiger partial charge in [-0.25, -0.2) is 0 Å². The molecule has 1 aliphatic heterocycles. The average Bonchev–Trinajstić information content (AvgIpc) is 2.65. The van der Waals surface area contributed by atoms with E-state index < -0.39 is 4.92 Å². The van der Waals surface area contributed by atoms with Crippen molar-refractivity contribution in [2.45, 2.75) is 6.92 Å². The minimum Gasteiger partial charge on any atom is -0.454 e. The lowest BCUT2D eigenvalue weighted by Crippen LogP contribution is -1.94. The molecule has 0 spiro atoms. The molecule has 0 unspecified atom stereocenters. The predicted octanol–water partition coefficient (Wildman–Crippen LogP) is 2.66. The molecule has 0 N–H and O–H groups in total. The van der Waals surface area contributed by atoms with Crippen LogP contribution in [0, 0.1) is 13.7 Å². The summed E-state index contributed by atoms with van der Waals surface area (Å²) in [6.45, 7) is 1.66. The lowest BCUT2D eigenvalue weighted by molar-refractivity contribution is -0.422. The highest BCUT2D eigenvalue weighted by Gasteiger charge is 2.16. The summed E-state index contributed by atoms with van der Waals surface area (Å²) in [6, 6.07) is 3.55. The molecule has 1 aliphatic rings. The van der Waals surface area contributed by atoms with Crippen LogP contribution in [0.4, 0.5) is 0 Å². The fourth-order valence-electron chi connectivity index (χ4n) is 1.32. The Kier molecular flexibility index (Phi) is 2.99. The highest BCUT2D eigenvalue weighted by atomic mass is 127. The molecule has 16 heavy (non-hydrogen) atoms. The zero-order valence-electron chi connectivity index (χ0n) is 8.40. The molecule has 0 bridgehead atoms. The summed E-state index contributed by atoms with van der Waals surface area (Å²) in [5.74, 6) is 1.31. The first-order chi connectivity index (χ1) is 7.58. The van der Waals surface area contributed by atoms with E-state index >= 15 is 0 Å². The van der Waals surface area contributed by atoms with Crippen molar-refractivity contribution in [2.24, 2.45) is 0 Å². The minimum atomic E-state index is -0.416. The third-order valence-corrected chi connectivity index (χ3v) is 3.08. The highest BCUT2D eigenvalue weighted by molar-refractivity contribution is 14.1. The van der Waals surface area contributed by atoms with Crippen LogP contribution in [0.5, 0.6) is 11.5 Å². The molecule has 1 aromatic carbocycles. The zero-order valence-corrected chi connectivity index (χ0v) is 10.6. The zero-order chi connectivity index (χ0) is 11.7. The van der Waals surface area contributed by atoms with Gasteiger partial charge in [-0.1, -0.05) is 0 Å². The standard InChI is InChI=1S/C10H8INO4/c1-6(12(13)14)2-7-3-9-10(4-8(7)11)16-5-15-9/h2-4H,5H2,1H3/b6-2+. The van der Waals surface area contributed by atoms with E-state index in [0.29, 0.717) is 11.5 Å². The van der Waals surface area contributed by atoms with Gasteiger partial charge in [0.15, 0.2) is 11.5 Å². The van der Waals surface area contributed by atoms with Crippen LogP contribution in [0.25, 0.3) is 6.08 Å². The number of rotatable bonds is 2. The SMILES string of the molecule is C/C(=C\c1cc2c(cc1I)OCO2)[N+](=O)[O-]. The summed E-state index contributed by atoms with van der Waals surface area (Å²) < 4.78 is 11.3. The molecule has 1 heterocycles. The van der Waals surface area contributed by atoms with Gasteiger partial charge in [0, 0.05) is 16.6 Å². The van der Waals surface area contributed by atoms with Gasteiger partial charge in [0.1, 0.15) is 0 Å². The van der Waals surface area contributed by atoms with Gasteiger partial charge in [0.2, 0.25) is 12.5 Å². The quantitative estimate of drug-likeness (QED) is 0.474. The van der Waals surface area contributed by atoms with Gasteiger partial charge in [-0.15, -0.1) is 0 Å². The fraction of sp³-hybridized carbons (Fsp3) is 0.200. The largest absolute Gasteiger partial charge is 0.454 e. The third kappa shape index (κ3) is 2.11. The maximum atomic E-state index is 10.5. The van der Waals surface area contributed by atoms with Crippen molar-refractivity contribution < 1.29 is 14.4 Å². The molecule has 84 valence electrons. The second kappa shape index (κ2) is 4.28. The van der Waals surface area contributed by atoms with E-state index in [2.05, 4.69) is 22.6 Å². The molecule has 0 fully saturated rings. The highest BCUT2D eigenvalue weighted by Crippen LogP contribution is 2.36. The number of nitro groups is 1. The Bertz CT molecular complexity index is 484. The van der Waals surface area contributed by atoms with Crippen molar-refractivity contribution in [1.82, 2.24) is 0 Å². The van der Waals surface area contributed by atoms with Crippen molar-refractivity contribution in [3.8, 4) is 11.5 Å². The Morgan fingerprint density at radius 3 is 2.75 bits per heavy atom. The van der Waals surface area contributed by atoms with Gasteiger partial charge in [-0.2, -0.15) is 0 Å². The number of ether oxygens (including phenoxy) is 2. The second-order valence-electron chi connectivity index (χ2n) is 3.27. The number of hydrogen-bond donors (Lipinski definition) is 0. The molecule has 0 aromatic heterocycles. The topological polar surface area (TPSA) is 61.6 Å². The molecule has 6 heteroatoms. The molecule has 5 nitrogen and oxygen atoms in total. The maximum absolute atomic E-state index is 10.5. The average molecular weight is 333 g/mol. The van der Waals surface area contributed by atoms with Crippen LogP contribution in [0.3, 0.4) is 0 Å². The smallest absolute Gasteiger partial charge is 0.243 e. The van der Waals surface area contributed by atoms with Gasteiger partial charge in [-0.05, 0) is 40.3 Å². The summed E-state index contributed by atoms with van der Waals surface area (Å²) in [5, 5.41) is 10.5. The number of nitrogens with zero attached hydrogens (tertiary/aromatic N) is 1. The summed E-state index contributed by atoms with van der Waals surface area (Å²) in [4.78, 5) is 10.1. The fourth-order valence-corrected chi connectivity index (χ4v) is 1.92. The van der Waals surface area contributed by atoms with Crippen LogP contribution in [-0.4, -0.2) is 11.7 Å². The lowest BCUT2D eigenvalue weighted by atomic mass is 10.2. The molecule has 2 rings (SSSR count). The Morgan fingerprint density at radius 2 is 2.12 bits per heavy atom. The van der Waals surface area contributed by atoms with E-state index in [1.165, 1.54) is 13.0 Å². The monoisotopic (exact) mass is 333 g/mol. The van der Waals surface area contributed by atoms with E-state index in [1.54, 1.807) is 6.07 Å². The van der Waals surface area contributed by atoms with E-state index in [1.807, 2.05) is 6.07 Å². The Hall–Kier alpha value is -1.31. The molecule has 0 saturated carbocycles. The second-order valence-corrected chi connectivity index (χ2v) is 4.43. The van der Waals surface area contributed by atoms with E-state index in [4.69, 9.17) is 9.47 Å². The van der Waals surface area contributed by atoms with Crippen LogP contribution < -0.4 is 9.47 Å². The van der Waals surface area contributed by atoms with Crippen molar-refractivity contribution in [1.29, 1.82) is 0 Å². The lowest BCUT2D eigenvalue weighted by Gasteiger charge is -2.01. The van der Waals surface area contributed by atoms with E-state index in [-0.39, 0.29) is 12.5 Å². The van der Waals surface area contributed by atoms with Gasteiger partial charge in [-0.3, -0.25) is 10.1 Å². The summed E-state index contributed by atoms with van der Waals surface area (Å²) in [5.41, 5.74) is 0.857. The molecular formula is C10H8INO4. The normalized spacial score (nSPS) is 14.0. The van der Waals surface area contributed by atoms with Gasteiger partial charge < -0.3 is 9.47 Å². The molecule has 0 atom stereocenters. The molecule has 0 aliphatic carbocycles. The van der Waals surface area contributed by atoms with E-state index in [0.717, 1.165) is 9.13 Å². The van der Waals surface area contributed by atoms with Crippen molar-refractivity contribution >= 4 is 28.7 Å². The Balaban J connectivity index is 2.43.